The van der Waals surface area contributed by atoms with Crippen LogP contribution >= 0.6 is 0 Å². The third-order valence-electron chi connectivity index (χ3n) is 2.31. The van der Waals surface area contributed by atoms with Crippen molar-refractivity contribution in [3.63, 3.8) is 0 Å². The van der Waals surface area contributed by atoms with E-state index in [0.29, 0.717) is 13.1 Å². The normalized spacial score (nSPS) is 11.5. The van der Waals surface area contributed by atoms with Crippen LogP contribution in [0.15, 0.2) is 18.3 Å². The van der Waals surface area contributed by atoms with E-state index in [9.17, 15) is 13.2 Å². The van der Waals surface area contributed by atoms with Gasteiger partial charge in [0.05, 0.1) is 0 Å². The molecule has 0 atom stereocenters. The highest BCUT2D eigenvalue weighted by atomic mass is 32.2. The zero-order chi connectivity index (χ0) is 13.8. The van der Waals surface area contributed by atoms with Crippen LogP contribution in [0, 0.1) is 0 Å². The molecule has 1 heterocycles. The Labute approximate surface area is 106 Å². The first kappa shape index (κ1) is 14.4. The zero-order valence-corrected chi connectivity index (χ0v) is 10.9. The molecule has 0 aliphatic rings. The van der Waals surface area contributed by atoms with Crippen molar-refractivity contribution in [1.29, 1.82) is 0 Å². The summed E-state index contributed by atoms with van der Waals surface area (Å²) in [5.41, 5.74) is -0.187. The molecule has 1 aromatic heterocycles. The molecule has 0 amide bonds. The summed E-state index contributed by atoms with van der Waals surface area (Å²) in [7, 11) is -3.77. The number of aromatic nitrogens is 1. The Kier molecular flexibility index (Phi) is 4.62. The van der Waals surface area contributed by atoms with Gasteiger partial charge in [-0.3, -0.25) is 4.72 Å². The van der Waals surface area contributed by atoms with Gasteiger partial charge in [0, 0.05) is 19.3 Å². The van der Waals surface area contributed by atoms with Gasteiger partial charge in [-0.2, -0.15) is 12.7 Å². The van der Waals surface area contributed by atoms with Gasteiger partial charge in [-0.1, -0.05) is 13.8 Å². The second-order valence-electron chi connectivity index (χ2n) is 3.40. The lowest BCUT2D eigenvalue weighted by Crippen LogP contribution is -2.36. The van der Waals surface area contributed by atoms with Crippen molar-refractivity contribution in [3.8, 4) is 0 Å². The maximum absolute atomic E-state index is 11.9. The fourth-order valence-corrected chi connectivity index (χ4v) is 2.63. The molecule has 0 aliphatic carbocycles. The van der Waals surface area contributed by atoms with E-state index in [-0.39, 0.29) is 11.4 Å². The molecule has 0 unspecified atom stereocenters. The Morgan fingerprint density at radius 2 is 2.06 bits per heavy atom. The van der Waals surface area contributed by atoms with E-state index in [0.717, 1.165) is 0 Å². The van der Waals surface area contributed by atoms with Crippen LogP contribution in [0.4, 0.5) is 5.82 Å². The highest BCUT2D eigenvalue weighted by molar-refractivity contribution is 7.90. The predicted molar refractivity (Wildman–Crippen MR) is 66.7 cm³/mol. The van der Waals surface area contributed by atoms with E-state index in [2.05, 4.69) is 9.71 Å². The fraction of sp³-hybridized carbons (Fsp3) is 0.400. The molecular weight excluding hydrogens is 258 g/mol. The Morgan fingerprint density at radius 3 is 2.56 bits per heavy atom. The van der Waals surface area contributed by atoms with Gasteiger partial charge in [0.2, 0.25) is 0 Å². The number of aromatic carboxylic acids is 1. The largest absolute Gasteiger partial charge is 0.478 e. The molecule has 0 fully saturated rings. The van der Waals surface area contributed by atoms with Gasteiger partial charge in [0.15, 0.2) is 5.82 Å². The lowest BCUT2D eigenvalue weighted by atomic mass is 10.3. The number of carboxylic acid groups (broad SMARTS) is 1. The second-order valence-corrected chi connectivity index (χ2v) is 5.07. The SMILES string of the molecule is CCN(CC)S(=O)(=O)Nc1ncccc1C(=O)O. The van der Waals surface area contributed by atoms with Crippen LogP contribution in [0.25, 0.3) is 0 Å². The highest BCUT2D eigenvalue weighted by Gasteiger charge is 2.21. The average molecular weight is 273 g/mol. The van der Waals surface area contributed by atoms with E-state index in [1.54, 1.807) is 13.8 Å². The molecular formula is C10H15N3O4S. The van der Waals surface area contributed by atoms with Crippen molar-refractivity contribution in [2.75, 3.05) is 17.8 Å². The quantitative estimate of drug-likeness (QED) is 0.797. The molecule has 18 heavy (non-hydrogen) atoms. The summed E-state index contributed by atoms with van der Waals surface area (Å²) in [6.45, 7) is 3.97. The summed E-state index contributed by atoms with van der Waals surface area (Å²) in [6, 6.07) is 2.72. The predicted octanol–water partition coefficient (Wildman–Crippen LogP) is 0.778. The van der Waals surface area contributed by atoms with Crippen molar-refractivity contribution in [2.45, 2.75) is 13.8 Å². The van der Waals surface area contributed by atoms with Crippen molar-refractivity contribution >= 4 is 22.0 Å². The van der Waals surface area contributed by atoms with E-state index in [1.807, 2.05) is 0 Å². The number of rotatable bonds is 6. The fourth-order valence-electron chi connectivity index (χ4n) is 1.41. The molecule has 0 aromatic carbocycles. The minimum Gasteiger partial charge on any atom is -0.478 e. The average Bonchev–Trinajstić information content (AvgIpc) is 2.29. The lowest BCUT2D eigenvalue weighted by molar-refractivity contribution is 0.0697. The summed E-state index contributed by atoms with van der Waals surface area (Å²) < 4.78 is 27.2. The smallest absolute Gasteiger partial charge is 0.339 e. The summed E-state index contributed by atoms with van der Waals surface area (Å²) in [5, 5.41) is 8.93. The van der Waals surface area contributed by atoms with Crippen LogP contribution in [0.5, 0.6) is 0 Å². The number of pyridine rings is 1. The molecule has 0 aliphatic heterocycles. The Bertz CT molecular complexity index is 526. The van der Waals surface area contributed by atoms with Gasteiger partial charge in [-0.15, -0.1) is 0 Å². The van der Waals surface area contributed by atoms with Crippen LogP contribution in [0.2, 0.25) is 0 Å². The molecule has 0 spiro atoms. The van der Waals surface area contributed by atoms with Crippen LogP contribution in [0.1, 0.15) is 24.2 Å². The minimum atomic E-state index is -3.77. The van der Waals surface area contributed by atoms with Gasteiger partial charge in [-0.05, 0) is 12.1 Å². The first-order valence-electron chi connectivity index (χ1n) is 5.38. The number of nitrogens with zero attached hydrogens (tertiary/aromatic N) is 2. The molecule has 1 aromatic rings. The monoisotopic (exact) mass is 273 g/mol. The maximum atomic E-state index is 11.9. The number of hydrogen-bond acceptors (Lipinski definition) is 4. The van der Waals surface area contributed by atoms with Crippen LogP contribution < -0.4 is 4.72 Å². The van der Waals surface area contributed by atoms with Crippen LogP contribution in [-0.2, 0) is 10.2 Å². The first-order valence-corrected chi connectivity index (χ1v) is 6.82. The van der Waals surface area contributed by atoms with Crippen LogP contribution in [-0.4, -0.2) is 41.9 Å². The Hall–Kier alpha value is -1.67. The van der Waals surface area contributed by atoms with Gasteiger partial charge in [0.25, 0.3) is 0 Å². The molecule has 1 rings (SSSR count). The Balaban J connectivity index is 3.08. The van der Waals surface area contributed by atoms with E-state index in [4.69, 9.17) is 5.11 Å². The van der Waals surface area contributed by atoms with Gasteiger partial charge < -0.3 is 5.11 Å². The number of hydrogen-bond donors (Lipinski definition) is 2. The third kappa shape index (κ3) is 3.17. The zero-order valence-electron chi connectivity index (χ0n) is 10.1. The number of nitrogens with one attached hydrogen (secondary N) is 1. The molecule has 0 bridgehead atoms. The second kappa shape index (κ2) is 5.78. The van der Waals surface area contributed by atoms with Crippen LogP contribution in [0.3, 0.4) is 0 Å². The minimum absolute atomic E-state index is 0.183. The highest BCUT2D eigenvalue weighted by Crippen LogP contribution is 2.14. The number of anilines is 1. The topological polar surface area (TPSA) is 99.6 Å². The molecule has 100 valence electrons. The number of carbonyl (C=O) groups is 1. The molecule has 7 nitrogen and oxygen atoms in total. The van der Waals surface area contributed by atoms with Gasteiger partial charge >= 0.3 is 16.2 Å². The van der Waals surface area contributed by atoms with Gasteiger partial charge in [0.1, 0.15) is 5.56 Å². The molecule has 0 saturated carbocycles. The number of carboxylic acids is 1. The molecule has 2 N–H and O–H groups in total. The molecule has 8 heteroatoms. The maximum Gasteiger partial charge on any atom is 0.339 e. The third-order valence-corrected chi connectivity index (χ3v) is 3.96. The van der Waals surface area contributed by atoms with E-state index in [1.165, 1.54) is 22.6 Å². The van der Waals surface area contributed by atoms with Crippen molar-refractivity contribution in [3.05, 3.63) is 23.9 Å². The molecule has 0 radical (unpaired) electrons. The van der Waals surface area contributed by atoms with E-state index < -0.39 is 16.2 Å². The van der Waals surface area contributed by atoms with Crippen molar-refractivity contribution in [2.24, 2.45) is 0 Å². The van der Waals surface area contributed by atoms with E-state index >= 15 is 0 Å². The summed E-state index contributed by atoms with van der Waals surface area (Å²) in [5.74, 6) is -1.42. The lowest BCUT2D eigenvalue weighted by Gasteiger charge is -2.19. The first-order chi connectivity index (χ1) is 8.42. The van der Waals surface area contributed by atoms with Gasteiger partial charge in [-0.25, -0.2) is 9.78 Å². The summed E-state index contributed by atoms with van der Waals surface area (Å²) >= 11 is 0. The van der Waals surface area contributed by atoms with Crippen molar-refractivity contribution in [1.82, 2.24) is 9.29 Å². The summed E-state index contributed by atoms with van der Waals surface area (Å²) in [4.78, 5) is 14.7. The summed E-state index contributed by atoms with van der Waals surface area (Å²) in [6.07, 6.45) is 1.33. The Morgan fingerprint density at radius 1 is 1.44 bits per heavy atom. The standard InChI is InChI=1S/C10H15N3O4S/c1-3-13(4-2)18(16,17)12-9-8(10(14)15)6-5-7-11-9/h5-7H,3-4H2,1-2H3,(H,11,12)(H,14,15). The molecule has 0 saturated heterocycles. The van der Waals surface area contributed by atoms with Crippen molar-refractivity contribution < 1.29 is 18.3 Å².